The fraction of sp³-hybridized carbons (Fsp3) is 0.692. The number of likely N-dealkylation sites (N-methyl/N-ethyl adjacent to an activating group) is 1. The Labute approximate surface area is 115 Å². The molecule has 6 heteroatoms. The molecule has 1 atom stereocenters. The Morgan fingerprint density at radius 1 is 1.37 bits per heavy atom. The molecule has 1 saturated heterocycles. The number of piperazine rings is 1. The Morgan fingerprint density at radius 2 is 2.11 bits per heavy atom. The standard InChI is InChI=1S/C13H24N6/c1-9(2)13-15-11(17-14)7-12(16-13)19-6-5-18(4)8-10(19)3/h7,9-10H,5-6,8,14H2,1-4H3,(H,15,16,17). The highest BCUT2D eigenvalue weighted by Gasteiger charge is 2.23. The number of hydrazine groups is 1. The van der Waals surface area contributed by atoms with Crippen molar-refractivity contribution in [1.82, 2.24) is 14.9 Å². The molecule has 2 heterocycles. The summed E-state index contributed by atoms with van der Waals surface area (Å²) in [7, 11) is 2.15. The Balaban J connectivity index is 2.30. The molecule has 1 aliphatic heterocycles. The quantitative estimate of drug-likeness (QED) is 0.627. The van der Waals surface area contributed by atoms with E-state index in [0.29, 0.717) is 11.9 Å². The first-order chi connectivity index (χ1) is 9.01. The zero-order chi connectivity index (χ0) is 14.0. The second kappa shape index (κ2) is 5.71. The molecule has 0 spiro atoms. The van der Waals surface area contributed by atoms with Gasteiger partial charge in [-0.05, 0) is 14.0 Å². The zero-order valence-electron chi connectivity index (χ0n) is 12.2. The maximum atomic E-state index is 5.51. The fourth-order valence-electron chi connectivity index (χ4n) is 2.41. The highest BCUT2D eigenvalue weighted by molar-refractivity contribution is 5.50. The third-order valence-electron chi connectivity index (χ3n) is 3.52. The molecule has 19 heavy (non-hydrogen) atoms. The number of hydrogen-bond donors (Lipinski definition) is 2. The fourth-order valence-corrected chi connectivity index (χ4v) is 2.41. The molecule has 0 aromatic carbocycles. The Hall–Kier alpha value is -1.40. The van der Waals surface area contributed by atoms with E-state index in [4.69, 9.17) is 5.84 Å². The number of aromatic nitrogens is 2. The van der Waals surface area contributed by atoms with Crippen LogP contribution in [-0.4, -0.2) is 47.6 Å². The second-order valence-corrected chi connectivity index (χ2v) is 5.57. The lowest BCUT2D eigenvalue weighted by Gasteiger charge is -2.39. The van der Waals surface area contributed by atoms with E-state index in [0.717, 1.165) is 31.3 Å². The molecule has 1 aliphatic rings. The van der Waals surface area contributed by atoms with Gasteiger partial charge in [0.05, 0.1) is 0 Å². The van der Waals surface area contributed by atoms with E-state index in [2.05, 4.69) is 53.0 Å². The molecule has 0 saturated carbocycles. The van der Waals surface area contributed by atoms with Gasteiger partial charge in [0.15, 0.2) is 0 Å². The van der Waals surface area contributed by atoms with Crippen LogP contribution in [0.1, 0.15) is 32.5 Å². The first kappa shape index (κ1) is 14.0. The predicted octanol–water partition coefficient (Wildman–Crippen LogP) is 1.03. The van der Waals surface area contributed by atoms with E-state index in [-0.39, 0.29) is 5.92 Å². The summed E-state index contributed by atoms with van der Waals surface area (Å²) in [4.78, 5) is 13.8. The van der Waals surface area contributed by atoms with Crippen molar-refractivity contribution in [2.75, 3.05) is 37.0 Å². The molecule has 1 aromatic rings. The Kier molecular flexibility index (Phi) is 4.21. The molecule has 6 nitrogen and oxygen atoms in total. The molecular formula is C13H24N6. The maximum Gasteiger partial charge on any atom is 0.145 e. The minimum atomic E-state index is 0.287. The van der Waals surface area contributed by atoms with Gasteiger partial charge in [-0.15, -0.1) is 0 Å². The molecular weight excluding hydrogens is 240 g/mol. The van der Waals surface area contributed by atoms with Gasteiger partial charge in [0.25, 0.3) is 0 Å². The van der Waals surface area contributed by atoms with E-state index in [1.165, 1.54) is 0 Å². The summed E-state index contributed by atoms with van der Waals surface area (Å²) in [6.45, 7) is 9.49. The van der Waals surface area contributed by atoms with E-state index < -0.39 is 0 Å². The third-order valence-corrected chi connectivity index (χ3v) is 3.52. The van der Waals surface area contributed by atoms with Crippen molar-refractivity contribution in [2.24, 2.45) is 5.84 Å². The van der Waals surface area contributed by atoms with Crippen LogP contribution in [0.25, 0.3) is 0 Å². The lowest BCUT2D eigenvalue weighted by molar-refractivity contribution is 0.274. The zero-order valence-corrected chi connectivity index (χ0v) is 12.2. The summed E-state index contributed by atoms with van der Waals surface area (Å²) < 4.78 is 0. The van der Waals surface area contributed by atoms with Crippen LogP contribution in [0.4, 0.5) is 11.6 Å². The topological polar surface area (TPSA) is 70.3 Å². The summed E-state index contributed by atoms with van der Waals surface area (Å²) in [6.07, 6.45) is 0. The molecule has 0 bridgehead atoms. The van der Waals surface area contributed by atoms with Crippen molar-refractivity contribution in [3.05, 3.63) is 11.9 Å². The number of nitrogens with zero attached hydrogens (tertiary/aromatic N) is 4. The van der Waals surface area contributed by atoms with Gasteiger partial charge in [0, 0.05) is 37.7 Å². The molecule has 1 fully saturated rings. The van der Waals surface area contributed by atoms with Crippen LogP contribution in [0.3, 0.4) is 0 Å². The van der Waals surface area contributed by atoms with Crippen molar-refractivity contribution in [3.63, 3.8) is 0 Å². The van der Waals surface area contributed by atoms with Crippen LogP contribution in [0.15, 0.2) is 6.07 Å². The number of nitrogen functional groups attached to an aromatic ring is 1. The van der Waals surface area contributed by atoms with Gasteiger partial charge in [-0.3, -0.25) is 0 Å². The van der Waals surface area contributed by atoms with Gasteiger partial charge in [0.1, 0.15) is 17.5 Å². The van der Waals surface area contributed by atoms with Crippen molar-refractivity contribution in [3.8, 4) is 0 Å². The molecule has 1 aromatic heterocycles. The molecule has 0 aliphatic carbocycles. The van der Waals surface area contributed by atoms with Crippen molar-refractivity contribution in [2.45, 2.75) is 32.7 Å². The molecule has 3 N–H and O–H groups in total. The summed E-state index contributed by atoms with van der Waals surface area (Å²) in [5.41, 5.74) is 2.64. The first-order valence-corrected chi connectivity index (χ1v) is 6.82. The first-order valence-electron chi connectivity index (χ1n) is 6.82. The molecule has 0 radical (unpaired) electrons. The average molecular weight is 264 g/mol. The monoisotopic (exact) mass is 264 g/mol. The van der Waals surface area contributed by atoms with E-state index in [9.17, 15) is 0 Å². The summed E-state index contributed by atoms with van der Waals surface area (Å²) in [5, 5.41) is 0. The highest BCUT2D eigenvalue weighted by atomic mass is 15.3. The largest absolute Gasteiger partial charge is 0.351 e. The minimum Gasteiger partial charge on any atom is -0.351 e. The second-order valence-electron chi connectivity index (χ2n) is 5.57. The number of nitrogens with two attached hydrogens (primary N) is 1. The maximum absolute atomic E-state index is 5.51. The summed E-state index contributed by atoms with van der Waals surface area (Å²) in [6, 6.07) is 2.37. The van der Waals surface area contributed by atoms with Crippen molar-refractivity contribution >= 4 is 11.6 Å². The normalized spacial score (nSPS) is 20.9. The van der Waals surface area contributed by atoms with Crippen molar-refractivity contribution < 1.29 is 0 Å². The molecule has 2 rings (SSSR count). The van der Waals surface area contributed by atoms with Crippen LogP contribution in [-0.2, 0) is 0 Å². The van der Waals surface area contributed by atoms with Crippen LogP contribution < -0.4 is 16.2 Å². The van der Waals surface area contributed by atoms with E-state index >= 15 is 0 Å². The lowest BCUT2D eigenvalue weighted by Crippen LogP contribution is -2.51. The molecule has 0 amide bonds. The number of rotatable bonds is 3. The highest BCUT2D eigenvalue weighted by Crippen LogP contribution is 2.22. The predicted molar refractivity (Wildman–Crippen MR) is 78.2 cm³/mol. The van der Waals surface area contributed by atoms with Gasteiger partial charge in [0.2, 0.25) is 0 Å². The van der Waals surface area contributed by atoms with Gasteiger partial charge < -0.3 is 15.2 Å². The van der Waals surface area contributed by atoms with Crippen LogP contribution in [0.2, 0.25) is 0 Å². The van der Waals surface area contributed by atoms with E-state index in [1.54, 1.807) is 0 Å². The smallest absolute Gasteiger partial charge is 0.145 e. The number of hydrogen-bond acceptors (Lipinski definition) is 6. The Bertz CT molecular complexity index is 433. The van der Waals surface area contributed by atoms with Gasteiger partial charge in [-0.2, -0.15) is 0 Å². The van der Waals surface area contributed by atoms with Crippen LogP contribution in [0.5, 0.6) is 0 Å². The SMILES string of the molecule is CC(C)c1nc(NN)cc(N2CCN(C)CC2C)n1. The number of anilines is 2. The minimum absolute atomic E-state index is 0.287. The van der Waals surface area contributed by atoms with Gasteiger partial charge in [-0.25, -0.2) is 15.8 Å². The average Bonchev–Trinajstić information content (AvgIpc) is 2.38. The molecule has 1 unspecified atom stereocenters. The summed E-state index contributed by atoms with van der Waals surface area (Å²) in [5.74, 6) is 8.27. The van der Waals surface area contributed by atoms with Gasteiger partial charge >= 0.3 is 0 Å². The third kappa shape index (κ3) is 3.13. The lowest BCUT2D eigenvalue weighted by atomic mass is 10.2. The van der Waals surface area contributed by atoms with Gasteiger partial charge in [-0.1, -0.05) is 13.8 Å². The molecule has 106 valence electrons. The van der Waals surface area contributed by atoms with E-state index in [1.807, 2.05) is 6.07 Å². The summed E-state index contributed by atoms with van der Waals surface area (Å²) >= 11 is 0. The van der Waals surface area contributed by atoms with Crippen LogP contribution in [0, 0.1) is 0 Å². The Morgan fingerprint density at radius 3 is 2.68 bits per heavy atom. The van der Waals surface area contributed by atoms with Crippen LogP contribution >= 0.6 is 0 Å². The van der Waals surface area contributed by atoms with Crippen molar-refractivity contribution in [1.29, 1.82) is 0 Å². The number of nitrogens with one attached hydrogen (secondary N) is 1.